The number of ether oxygens (including phenoxy) is 1. The van der Waals surface area contributed by atoms with Gasteiger partial charge in [-0.05, 0) is 19.1 Å². The summed E-state index contributed by atoms with van der Waals surface area (Å²) >= 11 is 0. The van der Waals surface area contributed by atoms with Gasteiger partial charge in [-0.1, -0.05) is 6.07 Å². The van der Waals surface area contributed by atoms with E-state index in [0.717, 1.165) is 33.6 Å². The minimum absolute atomic E-state index is 0.630. The van der Waals surface area contributed by atoms with Gasteiger partial charge in [0.1, 0.15) is 5.75 Å². The third-order valence-electron chi connectivity index (χ3n) is 3.11. The van der Waals surface area contributed by atoms with Crippen LogP contribution in [0.25, 0.3) is 22.2 Å². The average Bonchev–Trinajstić information content (AvgIpc) is 2.91. The Morgan fingerprint density at radius 2 is 2.17 bits per heavy atom. The quantitative estimate of drug-likeness (QED) is 0.645. The number of nitrogens with one attached hydrogen (secondary N) is 2. The van der Waals surface area contributed by atoms with Crippen molar-refractivity contribution in [3.05, 3.63) is 30.1 Å². The van der Waals surface area contributed by atoms with Crippen LogP contribution in [0.4, 0.5) is 5.69 Å². The molecule has 0 saturated heterocycles. The first kappa shape index (κ1) is 10.7. The lowest BCUT2D eigenvalue weighted by atomic mass is 10.1. The molecule has 0 aliphatic heterocycles. The van der Waals surface area contributed by atoms with Crippen LogP contribution in [0.5, 0.6) is 5.75 Å². The lowest BCUT2D eigenvalue weighted by Gasteiger charge is -2.05. The van der Waals surface area contributed by atoms with E-state index in [0.29, 0.717) is 5.69 Å². The second-order valence-corrected chi connectivity index (χ2v) is 4.21. The number of methoxy groups -OCH3 is 1. The van der Waals surface area contributed by atoms with Crippen molar-refractivity contribution < 1.29 is 4.74 Å². The number of anilines is 1. The Balaban J connectivity index is 2.41. The zero-order valence-corrected chi connectivity index (χ0v) is 10.2. The molecule has 0 fully saturated rings. The Hall–Kier alpha value is -2.43. The maximum atomic E-state index is 5.93. The van der Waals surface area contributed by atoms with Crippen molar-refractivity contribution in [2.45, 2.75) is 6.92 Å². The maximum Gasteiger partial charge on any atom is 0.128 e. The normalized spacial score (nSPS) is 11.0. The highest BCUT2D eigenvalue weighted by Crippen LogP contribution is 2.38. The lowest BCUT2D eigenvalue weighted by Crippen LogP contribution is -1.89. The molecular weight excluding hydrogens is 228 g/mol. The van der Waals surface area contributed by atoms with E-state index in [1.165, 1.54) is 0 Å². The fourth-order valence-electron chi connectivity index (χ4n) is 2.32. The lowest BCUT2D eigenvalue weighted by molar-refractivity contribution is 0.420. The van der Waals surface area contributed by atoms with E-state index in [2.05, 4.69) is 15.2 Å². The van der Waals surface area contributed by atoms with Gasteiger partial charge in [0.15, 0.2) is 0 Å². The van der Waals surface area contributed by atoms with Gasteiger partial charge in [0.2, 0.25) is 0 Å². The topological polar surface area (TPSA) is 79.7 Å². The summed E-state index contributed by atoms with van der Waals surface area (Å²) in [6.45, 7) is 2.01. The number of aryl methyl sites for hydroxylation is 1. The van der Waals surface area contributed by atoms with Crippen molar-refractivity contribution in [1.29, 1.82) is 0 Å². The van der Waals surface area contributed by atoms with Crippen molar-refractivity contribution in [2.75, 3.05) is 12.8 Å². The van der Waals surface area contributed by atoms with Gasteiger partial charge in [0.25, 0.3) is 0 Å². The van der Waals surface area contributed by atoms with Crippen LogP contribution in [0.1, 0.15) is 5.69 Å². The standard InChI is InChI=1S/C13H14N4O/c1-7-11(13-8(14)6-15-17-13)12-9(16-7)4-3-5-10(12)18-2/h3-6,16H,14H2,1-2H3,(H,15,17). The third-order valence-corrected chi connectivity index (χ3v) is 3.11. The molecule has 2 heterocycles. The largest absolute Gasteiger partial charge is 0.496 e. The molecule has 0 bridgehead atoms. The SMILES string of the molecule is COc1cccc2[nH]c(C)c(-c3[nH]ncc3N)c12. The van der Waals surface area contributed by atoms with Crippen LogP contribution >= 0.6 is 0 Å². The Morgan fingerprint density at radius 1 is 1.33 bits per heavy atom. The van der Waals surface area contributed by atoms with Crippen molar-refractivity contribution in [2.24, 2.45) is 0 Å². The summed E-state index contributed by atoms with van der Waals surface area (Å²) in [6.07, 6.45) is 1.61. The highest BCUT2D eigenvalue weighted by molar-refractivity contribution is 6.02. The number of hydrogen-bond donors (Lipinski definition) is 3. The minimum atomic E-state index is 0.630. The molecule has 3 rings (SSSR count). The third kappa shape index (κ3) is 1.37. The molecule has 5 heteroatoms. The molecular formula is C13H14N4O. The van der Waals surface area contributed by atoms with Gasteiger partial charge in [0, 0.05) is 11.3 Å². The molecule has 0 atom stereocenters. The molecule has 5 nitrogen and oxygen atoms in total. The van der Waals surface area contributed by atoms with E-state index < -0.39 is 0 Å². The van der Waals surface area contributed by atoms with Crippen LogP contribution < -0.4 is 10.5 Å². The van der Waals surface area contributed by atoms with Crippen molar-refractivity contribution >= 4 is 16.6 Å². The number of aromatic amines is 2. The van der Waals surface area contributed by atoms with Gasteiger partial charge in [-0.25, -0.2) is 0 Å². The van der Waals surface area contributed by atoms with Gasteiger partial charge < -0.3 is 15.5 Å². The van der Waals surface area contributed by atoms with Gasteiger partial charge in [-0.3, -0.25) is 5.10 Å². The van der Waals surface area contributed by atoms with E-state index in [-0.39, 0.29) is 0 Å². The summed E-state index contributed by atoms with van der Waals surface area (Å²) in [5.74, 6) is 0.820. The molecule has 18 heavy (non-hydrogen) atoms. The summed E-state index contributed by atoms with van der Waals surface area (Å²) in [6, 6.07) is 5.91. The van der Waals surface area contributed by atoms with E-state index in [4.69, 9.17) is 10.5 Å². The first-order chi connectivity index (χ1) is 8.72. The number of hydrogen-bond acceptors (Lipinski definition) is 3. The molecule has 0 spiro atoms. The molecule has 1 aromatic carbocycles. The molecule has 0 amide bonds. The number of fused-ring (bicyclic) bond motifs is 1. The number of benzene rings is 1. The molecule has 3 aromatic rings. The van der Waals surface area contributed by atoms with Crippen LogP contribution in [0.15, 0.2) is 24.4 Å². The minimum Gasteiger partial charge on any atom is -0.496 e. The monoisotopic (exact) mass is 242 g/mol. The maximum absolute atomic E-state index is 5.93. The van der Waals surface area contributed by atoms with E-state index in [1.807, 2.05) is 25.1 Å². The fourth-order valence-corrected chi connectivity index (χ4v) is 2.32. The molecule has 0 radical (unpaired) electrons. The van der Waals surface area contributed by atoms with Crippen LogP contribution in [0, 0.1) is 6.92 Å². The molecule has 0 aliphatic carbocycles. The predicted molar refractivity (Wildman–Crippen MR) is 71.6 cm³/mol. The zero-order valence-electron chi connectivity index (χ0n) is 10.2. The molecule has 0 aliphatic rings. The number of nitrogens with zero attached hydrogens (tertiary/aromatic N) is 1. The van der Waals surface area contributed by atoms with E-state index in [9.17, 15) is 0 Å². The molecule has 2 aromatic heterocycles. The Labute approximate surface area is 104 Å². The average molecular weight is 242 g/mol. The van der Waals surface area contributed by atoms with E-state index >= 15 is 0 Å². The Morgan fingerprint density at radius 3 is 2.83 bits per heavy atom. The Kier molecular flexibility index (Phi) is 2.26. The van der Waals surface area contributed by atoms with Crippen molar-refractivity contribution in [3.8, 4) is 17.0 Å². The van der Waals surface area contributed by atoms with Gasteiger partial charge >= 0.3 is 0 Å². The van der Waals surface area contributed by atoms with Crippen LogP contribution in [-0.2, 0) is 0 Å². The highest BCUT2D eigenvalue weighted by atomic mass is 16.5. The first-order valence-electron chi connectivity index (χ1n) is 5.67. The molecule has 0 saturated carbocycles. The Bertz CT molecular complexity index is 711. The summed E-state index contributed by atoms with van der Waals surface area (Å²) in [7, 11) is 1.66. The second-order valence-electron chi connectivity index (χ2n) is 4.21. The molecule has 92 valence electrons. The van der Waals surface area contributed by atoms with Gasteiger partial charge in [0.05, 0.1) is 35.6 Å². The number of rotatable bonds is 2. The number of H-pyrrole nitrogens is 2. The number of nitrogen functional groups attached to an aromatic ring is 1. The van der Waals surface area contributed by atoms with Crippen LogP contribution in [0.3, 0.4) is 0 Å². The fraction of sp³-hybridized carbons (Fsp3) is 0.154. The number of aromatic nitrogens is 3. The molecule has 0 unspecified atom stereocenters. The number of nitrogens with two attached hydrogens (primary N) is 1. The summed E-state index contributed by atoms with van der Waals surface area (Å²) < 4.78 is 5.42. The second kappa shape index (κ2) is 3.80. The predicted octanol–water partition coefficient (Wildman–Crippen LogP) is 2.46. The highest BCUT2D eigenvalue weighted by Gasteiger charge is 2.17. The summed E-state index contributed by atoms with van der Waals surface area (Å²) in [5, 5.41) is 7.94. The van der Waals surface area contributed by atoms with E-state index in [1.54, 1.807) is 13.3 Å². The first-order valence-corrected chi connectivity index (χ1v) is 5.67. The van der Waals surface area contributed by atoms with Crippen LogP contribution in [-0.4, -0.2) is 22.3 Å². The smallest absolute Gasteiger partial charge is 0.128 e. The summed E-state index contributed by atoms with van der Waals surface area (Å²) in [5.41, 5.74) is 10.5. The van der Waals surface area contributed by atoms with Gasteiger partial charge in [-0.15, -0.1) is 0 Å². The summed E-state index contributed by atoms with van der Waals surface area (Å²) in [4.78, 5) is 3.33. The van der Waals surface area contributed by atoms with Crippen molar-refractivity contribution in [3.63, 3.8) is 0 Å². The zero-order chi connectivity index (χ0) is 12.7. The van der Waals surface area contributed by atoms with Crippen LogP contribution in [0.2, 0.25) is 0 Å². The molecule has 4 N–H and O–H groups in total. The van der Waals surface area contributed by atoms with Gasteiger partial charge in [-0.2, -0.15) is 5.10 Å². The van der Waals surface area contributed by atoms with Crippen molar-refractivity contribution in [1.82, 2.24) is 15.2 Å².